The first kappa shape index (κ1) is 21.3. The lowest BCUT2D eigenvalue weighted by molar-refractivity contribution is 0.0965. The van der Waals surface area contributed by atoms with Gasteiger partial charge in [-0.1, -0.05) is 23.7 Å². The Balaban J connectivity index is 2.58. The lowest BCUT2D eigenvalue weighted by Gasteiger charge is -2.16. The number of guanidine groups is 1. The number of amides is 1. The molecule has 2 rings (SSSR count). The lowest BCUT2D eigenvalue weighted by atomic mass is 10.1. The number of nitrogens with two attached hydrogens (primary N) is 2. The van der Waals surface area contributed by atoms with Crippen molar-refractivity contribution in [2.45, 2.75) is 4.90 Å². The number of halogens is 1. The van der Waals surface area contributed by atoms with E-state index >= 15 is 0 Å². The van der Waals surface area contributed by atoms with Crippen LogP contribution in [0.3, 0.4) is 0 Å². The number of sulfone groups is 1. The van der Waals surface area contributed by atoms with Gasteiger partial charge < -0.3 is 5.84 Å². The highest BCUT2D eigenvalue weighted by molar-refractivity contribution is 7.90. The third kappa shape index (κ3) is 4.30. The highest BCUT2D eigenvalue weighted by atomic mass is 35.5. The van der Waals surface area contributed by atoms with Gasteiger partial charge in [0.1, 0.15) is 0 Å². The highest BCUT2D eigenvalue weighted by Crippen LogP contribution is 2.27. The van der Waals surface area contributed by atoms with Gasteiger partial charge in [0.15, 0.2) is 15.5 Å². The summed E-state index contributed by atoms with van der Waals surface area (Å²) in [5.74, 6) is 9.69. The number of nitrogens with zero attached hydrogens (tertiary/aromatic N) is 4. The summed E-state index contributed by atoms with van der Waals surface area (Å²) < 4.78 is 24.2. The van der Waals surface area contributed by atoms with Gasteiger partial charge in [0, 0.05) is 20.4 Å². The Kier molecular flexibility index (Phi) is 6.07. The summed E-state index contributed by atoms with van der Waals surface area (Å²) in [6, 6.07) is 5.51. The van der Waals surface area contributed by atoms with Crippen LogP contribution >= 0.6 is 11.6 Å². The molecule has 0 atom stereocenters. The molecular weight excluding hydrogens is 410 g/mol. The Labute approximate surface area is 165 Å². The number of carbonyl (C=O) groups excluding carboxylic acids is 1. The third-order valence-corrected chi connectivity index (χ3v) is 5.15. The quantitative estimate of drug-likeness (QED) is 0.249. The Hall–Kier alpha value is -2.96. The predicted molar refractivity (Wildman–Crippen MR) is 104 cm³/mol. The summed E-state index contributed by atoms with van der Waals surface area (Å²) in [6.45, 7) is 0. The van der Waals surface area contributed by atoms with Gasteiger partial charge >= 0.3 is 0 Å². The fraction of sp³-hybridized carbons (Fsp3) is 0.200. The molecular formula is C15H18ClN7O4S. The molecule has 1 aromatic carbocycles. The van der Waals surface area contributed by atoms with E-state index in [4.69, 9.17) is 23.3 Å². The van der Waals surface area contributed by atoms with Crippen LogP contribution < -0.4 is 22.6 Å². The Bertz CT molecular complexity index is 1110. The molecule has 150 valence electrons. The van der Waals surface area contributed by atoms with Crippen LogP contribution in [0.25, 0.3) is 11.1 Å². The van der Waals surface area contributed by atoms with Crippen molar-refractivity contribution in [3.05, 3.63) is 45.3 Å². The zero-order valence-corrected chi connectivity index (χ0v) is 16.7. The molecule has 0 unspecified atom stereocenters. The average Bonchev–Trinajstić information content (AvgIpc) is 2.62. The lowest BCUT2D eigenvalue weighted by Crippen LogP contribution is -2.46. The van der Waals surface area contributed by atoms with E-state index in [-0.39, 0.29) is 27.1 Å². The first-order chi connectivity index (χ1) is 13.0. The maximum Gasteiger partial charge on any atom is 0.280 e. The van der Waals surface area contributed by atoms with Crippen LogP contribution in [0, 0.1) is 0 Å². The Morgan fingerprint density at radius 3 is 2.36 bits per heavy atom. The molecule has 0 fully saturated rings. The van der Waals surface area contributed by atoms with Crippen molar-refractivity contribution in [1.29, 1.82) is 0 Å². The van der Waals surface area contributed by atoms with Crippen LogP contribution in [-0.4, -0.2) is 48.4 Å². The number of aromatic nitrogens is 2. The molecule has 0 aliphatic heterocycles. The normalized spacial score (nSPS) is 12.0. The summed E-state index contributed by atoms with van der Waals surface area (Å²) in [7, 11) is -0.667. The minimum Gasteiger partial charge on any atom is -0.320 e. The second-order valence-electron chi connectivity index (χ2n) is 5.78. The van der Waals surface area contributed by atoms with Crippen molar-refractivity contribution in [3.63, 3.8) is 0 Å². The van der Waals surface area contributed by atoms with E-state index in [0.717, 1.165) is 15.9 Å². The fourth-order valence-corrected chi connectivity index (χ4v) is 3.19. The first-order valence-corrected chi connectivity index (χ1v) is 9.89. The molecule has 2 aromatic rings. The largest absolute Gasteiger partial charge is 0.320 e. The molecule has 0 bridgehead atoms. The van der Waals surface area contributed by atoms with Gasteiger partial charge in [0.05, 0.1) is 15.5 Å². The van der Waals surface area contributed by atoms with Crippen LogP contribution in [0.4, 0.5) is 0 Å². The second-order valence-corrected chi connectivity index (χ2v) is 8.17. The molecule has 1 aromatic heterocycles. The van der Waals surface area contributed by atoms with Gasteiger partial charge in [-0.3, -0.25) is 19.9 Å². The first-order valence-electron chi connectivity index (χ1n) is 7.62. The van der Waals surface area contributed by atoms with E-state index in [1.165, 1.54) is 38.4 Å². The molecule has 5 N–H and O–H groups in total. The SMILES string of the molecule is CN(N)C(=NN)NC(=O)c1nn(C)c(=O)c(-c2ccc(S(C)(=O)=O)cc2)c1Cl. The smallest absolute Gasteiger partial charge is 0.280 e. The standard InChI is InChI=1S/C15H18ClN7O4S/c1-22(18)15(20-17)19-13(24)12-11(16)10(14(25)23(2)21-12)8-4-6-9(7-5-8)28(3,26)27/h4-7H,17-18H2,1-3H3,(H,19,20,24). The van der Waals surface area contributed by atoms with E-state index < -0.39 is 21.3 Å². The van der Waals surface area contributed by atoms with E-state index in [0.29, 0.717) is 5.56 Å². The number of hydrogen-bond donors (Lipinski definition) is 3. The summed E-state index contributed by atoms with van der Waals surface area (Å²) in [5.41, 5.74) is -0.541. The highest BCUT2D eigenvalue weighted by Gasteiger charge is 2.23. The predicted octanol–water partition coefficient (Wildman–Crippen LogP) is -0.731. The van der Waals surface area contributed by atoms with Crippen LogP contribution in [0.1, 0.15) is 10.5 Å². The molecule has 0 saturated carbocycles. The van der Waals surface area contributed by atoms with E-state index in [1.54, 1.807) is 0 Å². The summed E-state index contributed by atoms with van der Waals surface area (Å²) in [4.78, 5) is 25.1. The molecule has 28 heavy (non-hydrogen) atoms. The van der Waals surface area contributed by atoms with Crippen molar-refractivity contribution in [1.82, 2.24) is 20.1 Å². The molecule has 1 amide bonds. The van der Waals surface area contributed by atoms with Crippen LogP contribution in [0.15, 0.2) is 39.1 Å². The van der Waals surface area contributed by atoms with Gasteiger partial charge in [-0.15, -0.1) is 5.10 Å². The maximum absolute atomic E-state index is 12.5. The maximum atomic E-state index is 12.5. The number of hydrazine groups is 1. The van der Waals surface area contributed by atoms with E-state index in [2.05, 4.69) is 15.5 Å². The number of nitrogens with one attached hydrogen (secondary N) is 1. The summed E-state index contributed by atoms with van der Waals surface area (Å²) >= 11 is 6.28. The van der Waals surface area contributed by atoms with Gasteiger partial charge in [0.2, 0.25) is 5.96 Å². The van der Waals surface area contributed by atoms with Crippen molar-refractivity contribution in [2.75, 3.05) is 13.3 Å². The Morgan fingerprint density at radius 1 is 1.32 bits per heavy atom. The molecule has 0 saturated heterocycles. The molecule has 0 radical (unpaired) electrons. The Morgan fingerprint density at radius 2 is 1.89 bits per heavy atom. The van der Waals surface area contributed by atoms with Crippen molar-refractivity contribution < 1.29 is 13.2 Å². The zero-order valence-electron chi connectivity index (χ0n) is 15.2. The van der Waals surface area contributed by atoms with Gasteiger partial charge in [0.25, 0.3) is 11.5 Å². The molecule has 0 spiro atoms. The molecule has 0 aliphatic carbocycles. The minimum absolute atomic E-state index is 0.0169. The monoisotopic (exact) mass is 427 g/mol. The van der Waals surface area contributed by atoms with Crippen LogP contribution in [0.2, 0.25) is 5.02 Å². The summed E-state index contributed by atoms with van der Waals surface area (Å²) in [5, 5.41) is 10.3. The van der Waals surface area contributed by atoms with Crippen molar-refractivity contribution in [3.8, 4) is 11.1 Å². The molecule has 1 heterocycles. The van der Waals surface area contributed by atoms with Gasteiger partial charge in [-0.25, -0.2) is 18.9 Å². The average molecular weight is 428 g/mol. The number of benzene rings is 1. The third-order valence-electron chi connectivity index (χ3n) is 3.65. The molecule has 11 nitrogen and oxygen atoms in total. The number of carbonyl (C=O) groups is 1. The number of hydrogen-bond acceptors (Lipinski definition) is 8. The van der Waals surface area contributed by atoms with Crippen molar-refractivity contribution >= 4 is 33.3 Å². The number of hydrazone groups is 1. The minimum atomic E-state index is -3.41. The number of aryl methyl sites for hydroxylation is 1. The molecule has 0 aliphatic rings. The molecule has 13 heteroatoms. The summed E-state index contributed by atoms with van der Waals surface area (Å²) in [6.07, 6.45) is 1.06. The topological polar surface area (TPSA) is 166 Å². The van der Waals surface area contributed by atoms with Crippen LogP contribution in [-0.2, 0) is 16.9 Å². The second kappa shape index (κ2) is 7.96. The van der Waals surface area contributed by atoms with Crippen LogP contribution in [0.5, 0.6) is 0 Å². The van der Waals surface area contributed by atoms with Gasteiger partial charge in [-0.2, -0.15) is 5.10 Å². The van der Waals surface area contributed by atoms with Crippen molar-refractivity contribution in [2.24, 2.45) is 23.8 Å². The van der Waals surface area contributed by atoms with E-state index in [9.17, 15) is 18.0 Å². The zero-order chi connectivity index (χ0) is 21.2. The van der Waals surface area contributed by atoms with E-state index in [1.807, 2.05) is 0 Å². The van der Waals surface area contributed by atoms with Gasteiger partial charge in [-0.05, 0) is 17.7 Å². The number of rotatable bonds is 3. The fourth-order valence-electron chi connectivity index (χ4n) is 2.25.